The summed E-state index contributed by atoms with van der Waals surface area (Å²) in [4.78, 5) is 0. The Kier molecular flexibility index (Phi) is 2.99. The first-order valence-corrected chi connectivity index (χ1v) is 4.68. The van der Waals surface area contributed by atoms with E-state index in [0.29, 0.717) is 5.69 Å². The fourth-order valence-electron chi connectivity index (χ4n) is 0.970. The number of benzene rings is 1. The van der Waals surface area contributed by atoms with Crippen molar-refractivity contribution in [2.45, 2.75) is 32.8 Å². The zero-order valence-electron chi connectivity index (χ0n) is 8.80. The molecule has 0 aliphatic rings. The van der Waals surface area contributed by atoms with Crippen molar-refractivity contribution < 1.29 is 9.13 Å². The van der Waals surface area contributed by atoms with Crippen molar-refractivity contribution in [1.82, 2.24) is 0 Å². The predicted molar refractivity (Wildman–Crippen MR) is 55.8 cm³/mol. The molecule has 78 valence electrons. The van der Waals surface area contributed by atoms with Crippen molar-refractivity contribution in [2.75, 3.05) is 5.73 Å². The molecule has 2 N–H and O–H groups in total. The Morgan fingerprint density at radius 3 is 2.57 bits per heavy atom. The van der Waals surface area contributed by atoms with Crippen LogP contribution < -0.4 is 10.5 Å². The van der Waals surface area contributed by atoms with Gasteiger partial charge in [0, 0.05) is 11.8 Å². The highest BCUT2D eigenvalue weighted by Gasteiger charge is 2.18. The first kappa shape index (κ1) is 10.8. The van der Waals surface area contributed by atoms with Gasteiger partial charge in [-0.3, -0.25) is 0 Å². The molecule has 0 unspecified atom stereocenters. The molecule has 1 rings (SSSR count). The smallest absolute Gasteiger partial charge is 0.167 e. The average molecular weight is 197 g/mol. The third-order valence-electron chi connectivity index (χ3n) is 2.19. The van der Waals surface area contributed by atoms with E-state index in [1.165, 1.54) is 6.07 Å². The minimum Gasteiger partial charge on any atom is -0.485 e. The molecule has 0 saturated carbocycles. The Bertz CT molecular complexity index is 323. The lowest BCUT2D eigenvalue weighted by atomic mass is 10.1. The Morgan fingerprint density at radius 1 is 1.43 bits per heavy atom. The lowest BCUT2D eigenvalue weighted by molar-refractivity contribution is 0.0995. The van der Waals surface area contributed by atoms with Gasteiger partial charge in [-0.2, -0.15) is 0 Å². The van der Waals surface area contributed by atoms with Crippen LogP contribution in [0.1, 0.15) is 27.2 Å². The van der Waals surface area contributed by atoms with Crippen LogP contribution >= 0.6 is 0 Å². The highest BCUT2D eigenvalue weighted by molar-refractivity contribution is 5.42. The van der Waals surface area contributed by atoms with E-state index in [1.54, 1.807) is 12.1 Å². The molecule has 0 saturated heterocycles. The van der Waals surface area contributed by atoms with E-state index in [2.05, 4.69) is 0 Å². The van der Waals surface area contributed by atoms with E-state index in [4.69, 9.17) is 10.5 Å². The van der Waals surface area contributed by atoms with Crippen LogP contribution in [0.15, 0.2) is 18.2 Å². The molecular formula is C11H16FNO. The van der Waals surface area contributed by atoms with Gasteiger partial charge in [-0.25, -0.2) is 4.39 Å². The maximum absolute atomic E-state index is 13.3. The van der Waals surface area contributed by atoms with Crippen LogP contribution in [0, 0.1) is 5.82 Å². The van der Waals surface area contributed by atoms with E-state index < -0.39 is 5.82 Å². The summed E-state index contributed by atoms with van der Waals surface area (Å²) in [6.45, 7) is 5.83. The van der Waals surface area contributed by atoms with Crippen LogP contribution in [0.4, 0.5) is 10.1 Å². The topological polar surface area (TPSA) is 35.2 Å². The molecule has 0 bridgehead atoms. The van der Waals surface area contributed by atoms with Gasteiger partial charge in [0.1, 0.15) is 5.60 Å². The summed E-state index contributed by atoms with van der Waals surface area (Å²) in [5.41, 5.74) is 5.48. The lowest BCUT2D eigenvalue weighted by Gasteiger charge is -2.25. The Balaban J connectivity index is 2.87. The first-order chi connectivity index (χ1) is 6.44. The van der Waals surface area contributed by atoms with E-state index >= 15 is 0 Å². The van der Waals surface area contributed by atoms with Gasteiger partial charge in [0.2, 0.25) is 0 Å². The Morgan fingerprint density at radius 2 is 2.07 bits per heavy atom. The number of hydrogen-bond donors (Lipinski definition) is 1. The molecule has 14 heavy (non-hydrogen) atoms. The summed E-state index contributed by atoms with van der Waals surface area (Å²) in [6, 6.07) is 4.45. The third kappa shape index (κ3) is 2.62. The van der Waals surface area contributed by atoms with Gasteiger partial charge in [0.05, 0.1) is 0 Å². The molecular weight excluding hydrogens is 181 g/mol. The van der Waals surface area contributed by atoms with Gasteiger partial charge < -0.3 is 10.5 Å². The summed E-state index contributed by atoms with van der Waals surface area (Å²) in [5, 5.41) is 0. The maximum Gasteiger partial charge on any atom is 0.167 e. The Hall–Kier alpha value is -1.25. The van der Waals surface area contributed by atoms with Crippen molar-refractivity contribution >= 4 is 5.69 Å². The van der Waals surface area contributed by atoms with Crippen LogP contribution in [0.2, 0.25) is 0 Å². The van der Waals surface area contributed by atoms with Crippen LogP contribution in [0.3, 0.4) is 0 Å². The summed E-state index contributed by atoms with van der Waals surface area (Å²) in [5.74, 6) is -0.155. The monoisotopic (exact) mass is 197 g/mol. The summed E-state index contributed by atoms with van der Waals surface area (Å²) >= 11 is 0. The van der Waals surface area contributed by atoms with Gasteiger partial charge >= 0.3 is 0 Å². The SMILES string of the molecule is CCC(C)(C)Oc1ccc(N)cc1F. The minimum atomic E-state index is -0.411. The maximum atomic E-state index is 13.3. The number of hydrogen-bond acceptors (Lipinski definition) is 2. The fraction of sp³-hybridized carbons (Fsp3) is 0.455. The van der Waals surface area contributed by atoms with Gasteiger partial charge in [-0.1, -0.05) is 6.92 Å². The lowest BCUT2D eigenvalue weighted by Crippen LogP contribution is -2.27. The molecule has 0 amide bonds. The van der Waals surface area contributed by atoms with Gasteiger partial charge in [0.25, 0.3) is 0 Å². The van der Waals surface area contributed by atoms with E-state index in [9.17, 15) is 4.39 Å². The first-order valence-electron chi connectivity index (χ1n) is 4.68. The highest BCUT2D eigenvalue weighted by Crippen LogP contribution is 2.25. The zero-order chi connectivity index (χ0) is 10.8. The van der Waals surface area contributed by atoms with Crippen LogP contribution in [-0.2, 0) is 0 Å². The molecule has 1 aromatic carbocycles. The second-order valence-electron chi connectivity index (χ2n) is 3.91. The Labute approximate surface area is 83.9 Å². The number of rotatable bonds is 3. The molecule has 0 atom stereocenters. The number of halogens is 1. The van der Waals surface area contributed by atoms with Crippen molar-refractivity contribution in [1.29, 1.82) is 0 Å². The van der Waals surface area contributed by atoms with Crippen molar-refractivity contribution in [3.8, 4) is 5.75 Å². The summed E-state index contributed by atoms with van der Waals surface area (Å²) < 4.78 is 18.8. The summed E-state index contributed by atoms with van der Waals surface area (Å²) in [6.07, 6.45) is 0.816. The van der Waals surface area contributed by atoms with Crippen molar-refractivity contribution in [3.05, 3.63) is 24.0 Å². The molecule has 0 aliphatic heterocycles. The highest BCUT2D eigenvalue weighted by atomic mass is 19.1. The number of nitrogen functional groups attached to an aromatic ring is 1. The third-order valence-corrected chi connectivity index (χ3v) is 2.19. The largest absolute Gasteiger partial charge is 0.485 e. The van der Waals surface area contributed by atoms with E-state index in [-0.39, 0.29) is 11.4 Å². The molecule has 0 aliphatic carbocycles. The quantitative estimate of drug-likeness (QED) is 0.756. The number of anilines is 1. The van der Waals surface area contributed by atoms with Crippen molar-refractivity contribution in [3.63, 3.8) is 0 Å². The normalized spacial score (nSPS) is 11.4. The average Bonchev–Trinajstić information content (AvgIpc) is 2.10. The molecule has 3 heteroatoms. The minimum absolute atomic E-state index is 0.256. The van der Waals surface area contributed by atoms with Gasteiger partial charge in [-0.15, -0.1) is 0 Å². The molecule has 0 spiro atoms. The van der Waals surface area contributed by atoms with Gasteiger partial charge in [0.15, 0.2) is 11.6 Å². The molecule has 0 fully saturated rings. The molecule has 0 radical (unpaired) electrons. The number of ether oxygens (including phenoxy) is 1. The van der Waals surface area contributed by atoms with Crippen LogP contribution in [0.25, 0.3) is 0 Å². The molecule has 2 nitrogen and oxygen atoms in total. The number of nitrogens with two attached hydrogens (primary N) is 1. The van der Waals surface area contributed by atoms with Gasteiger partial charge in [-0.05, 0) is 32.4 Å². The second-order valence-corrected chi connectivity index (χ2v) is 3.91. The van der Waals surface area contributed by atoms with Crippen molar-refractivity contribution in [2.24, 2.45) is 0 Å². The predicted octanol–water partition coefficient (Wildman–Crippen LogP) is 2.98. The molecule has 0 heterocycles. The summed E-state index contributed by atoms with van der Waals surface area (Å²) in [7, 11) is 0. The standard InChI is InChI=1S/C11H16FNO/c1-4-11(2,3)14-10-6-5-8(13)7-9(10)12/h5-7H,4,13H2,1-3H3. The molecule has 0 aromatic heterocycles. The van der Waals surface area contributed by atoms with Crippen LogP contribution in [0.5, 0.6) is 5.75 Å². The fourth-order valence-corrected chi connectivity index (χ4v) is 0.970. The molecule has 1 aromatic rings. The second kappa shape index (κ2) is 3.86. The van der Waals surface area contributed by atoms with E-state index in [1.807, 2.05) is 20.8 Å². The zero-order valence-corrected chi connectivity index (χ0v) is 8.80. The van der Waals surface area contributed by atoms with Crippen LogP contribution in [-0.4, -0.2) is 5.60 Å². The van der Waals surface area contributed by atoms with E-state index in [0.717, 1.165) is 6.42 Å².